The molecule has 6 heteroatoms. The van der Waals surface area contributed by atoms with Crippen molar-refractivity contribution in [3.63, 3.8) is 0 Å². The molecule has 1 saturated heterocycles. The summed E-state index contributed by atoms with van der Waals surface area (Å²) in [7, 11) is 0. The van der Waals surface area contributed by atoms with Crippen LogP contribution in [0.1, 0.15) is 39.0 Å². The molecule has 0 saturated carbocycles. The fourth-order valence-corrected chi connectivity index (χ4v) is 2.41. The molecule has 18 heavy (non-hydrogen) atoms. The molecule has 6 nitrogen and oxygen atoms in total. The highest BCUT2D eigenvalue weighted by molar-refractivity contribution is 5.87. The van der Waals surface area contributed by atoms with Crippen LogP contribution in [-0.2, 0) is 4.79 Å². The first-order valence-corrected chi connectivity index (χ1v) is 6.66. The van der Waals surface area contributed by atoms with Crippen LogP contribution in [0.4, 0.5) is 4.79 Å². The van der Waals surface area contributed by atoms with E-state index in [-0.39, 0.29) is 11.9 Å². The number of carbonyl (C=O) groups excluding carboxylic acids is 2. The van der Waals surface area contributed by atoms with E-state index >= 15 is 0 Å². The molecule has 1 heterocycles. The molecule has 1 fully saturated rings. The standard InChI is InChI=1S/C12H24N4O2/c1-2-3-6-10(15-12(14)18)11(17)16-7-4-5-9(16)8-13/h9-10H,2-8,13H2,1H3,(H3,14,15,18). The number of likely N-dealkylation sites (tertiary alicyclic amines) is 1. The zero-order chi connectivity index (χ0) is 13.5. The number of rotatable bonds is 6. The van der Waals surface area contributed by atoms with Gasteiger partial charge >= 0.3 is 6.03 Å². The number of amides is 3. The van der Waals surface area contributed by atoms with Gasteiger partial charge in [-0.1, -0.05) is 19.8 Å². The zero-order valence-corrected chi connectivity index (χ0v) is 11.0. The van der Waals surface area contributed by atoms with Crippen molar-refractivity contribution >= 4 is 11.9 Å². The minimum atomic E-state index is -0.645. The number of hydrogen-bond acceptors (Lipinski definition) is 3. The fourth-order valence-electron chi connectivity index (χ4n) is 2.41. The predicted octanol–water partition coefficient (Wildman–Crippen LogP) is 0.163. The maximum Gasteiger partial charge on any atom is 0.312 e. The maximum atomic E-state index is 12.4. The van der Waals surface area contributed by atoms with E-state index in [1.54, 1.807) is 4.90 Å². The predicted molar refractivity (Wildman–Crippen MR) is 69.8 cm³/mol. The number of primary amides is 1. The van der Waals surface area contributed by atoms with Crippen LogP contribution >= 0.6 is 0 Å². The molecule has 2 atom stereocenters. The van der Waals surface area contributed by atoms with Crippen molar-refractivity contribution in [1.29, 1.82) is 0 Å². The SMILES string of the molecule is CCCCC(NC(N)=O)C(=O)N1CCCC1CN. The van der Waals surface area contributed by atoms with Crippen molar-refractivity contribution in [2.24, 2.45) is 11.5 Å². The number of nitrogens with zero attached hydrogens (tertiary/aromatic N) is 1. The van der Waals surface area contributed by atoms with E-state index in [2.05, 4.69) is 5.32 Å². The summed E-state index contributed by atoms with van der Waals surface area (Å²) in [6.45, 7) is 3.25. The number of nitrogens with one attached hydrogen (secondary N) is 1. The summed E-state index contributed by atoms with van der Waals surface area (Å²) in [6, 6.07) is -1.04. The van der Waals surface area contributed by atoms with Crippen molar-refractivity contribution in [2.45, 2.75) is 51.1 Å². The first kappa shape index (κ1) is 14.8. The van der Waals surface area contributed by atoms with Crippen molar-refractivity contribution in [3.05, 3.63) is 0 Å². The smallest absolute Gasteiger partial charge is 0.312 e. The molecular formula is C12H24N4O2. The van der Waals surface area contributed by atoms with Crippen LogP contribution in [0.15, 0.2) is 0 Å². The zero-order valence-electron chi connectivity index (χ0n) is 11.0. The van der Waals surface area contributed by atoms with Crippen LogP contribution < -0.4 is 16.8 Å². The largest absolute Gasteiger partial charge is 0.352 e. The molecule has 0 aliphatic carbocycles. The summed E-state index contributed by atoms with van der Waals surface area (Å²) < 4.78 is 0. The Morgan fingerprint density at radius 2 is 2.22 bits per heavy atom. The van der Waals surface area contributed by atoms with E-state index in [9.17, 15) is 9.59 Å². The van der Waals surface area contributed by atoms with Gasteiger partial charge in [0, 0.05) is 19.1 Å². The van der Waals surface area contributed by atoms with E-state index in [4.69, 9.17) is 11.5 Å². The van der Waals surface area contributed by atoms with Crippen LogP contribution in [0.5, 0.6) is 0 Å². The number of hydrogen-bond donors (Lipinski definition) is 3. The van der Waals surface area contributed by atoms with Crippen LogP contribution in [0, 0.1) is 0 Å². The van der Waals surface area contributed by atoms with Crippen LogP contribution in [0.25, 0.3) is 0 Å². The molecule has 0 aromatic carbocycles. The lowest BCUT2D eigenvalue weighted by atomic mass is 10.1. The molecule has 0 aromatic heterocycles. The molecule has 0 radical (unpaired) electrons. The van der Waals surface area contributed by atoms with Crippen molar-refractivity contribution < 1.29 is 9.59 Å². The summed E-state index contributed by atoms with van der Waals surface area (Å²) in [5.41, 5.74) is 10.8. The summed E-state index contributed by atoms with van der Waals surface area (Å²) in [5.74, 6) is -0.0461. The van der Waals surface area contributed by atoms with Crippen LogP contribution in [0.3, 0.4) is 0 Å². The second-order valence-corrected chi connectivity index (χ2v) is 4.77. The second-order valence-electron chi connectivity index (χ2n) is 4.77. The molecule has 2 unspecified atom stereocenters. The van der Waals surface area contributed by atoms with E-state index in [0.717, 1.165) is 32.2 Å². The molecule has 1 rings (SSSR count). The lowest BCUT2D eigenvalue weighted by Crippen LogP contribution is -2.52. The first-order valence-electron chi connectivity index (χ1n) is 6.66. The number of carbonyl (C=O) groups is 2. The highest BCUT2D eigenvalue weighted by atomic mass is 16.2. The van der Waals surface area contributed by atoms with Gasteiger partial charge in [0.2, 0.25) is 5.91 Å². The molecule has 0 aromatic rings. The monoisotopic (exact) mass is 256 g/mol. The Kier molecular flexibility index (Phi) is 5.91. The van der Waals surface area contributed by atoms with Gasteiger partial charge in [-0.2, -0.15) is 0 Å². The summed E-state index contributed by atoms with van der Waals surface area (Å²) in [4.78, 5) is 25.1. The van der Waals surface area contributed by atoms with Crippen LogP contribution in [0.2, 0.25) is 0 Å². The van der Waals surface area contributed by atoms with Gasteiger partial charge < -0.3 is 21.7 Å². The second kappa shape index (κ2) is 7.20. The average Bonchev–Trinajstić information content (AvgIpc) is 2.81. The van der Waals surface area contributed by atoms with Gasteiger partial charge in [-0.25, -0.2) is 4.79 Å². The summed E-state index contributed by atoms with van der Waals surface area (Å²) in [6.07, 6.45) is 4.42. The van der Waals surface area contributed by atoms with Crippen molar-refractivity contribution in [1.82, 2.24) is 10.2 Å². The Bertz CT molecular complexity index is 296. The lowest BCUT2D eigenvalue weighted by Gasteiger charge is -2.28. The third-order valence-corrected chi connectivity index (χ3v) is 3.39. The summed E-state index contributed by atoms with van der Waals surface area (Å²) in [5, 5.41) is 2.54. The van der Waals surface area contributed by atoms with Gasteiger partial charge in [0.05, 0.1) is 0 Å². The number of urea groups is 1. The molecule has 0 spiro atoms. The van der Waals surface area contributed by atoms with Gasteiger partial charge in [0.15, 0.2) is 0 Å². The molecular weight excluding hydrogens is 232 g/mol. The van der Waals surface area contributed by atoms with Gasteiger partial charge in [-0.05, 0) is 19.3 Å². The Labute approximate surface area is 108 Å². The molecule has 104 valence electrons. The van der Waals surface area contributed by atoms with Gasteiger partial charge in [-0.3, -0.25) is 4.79 Å². The molecule has 0 bridgehead atoms. The van der Waals surface area contributed by atoms with Crippen molar-refractivity contribution in [3.8, 4) is 0 Å². The van der Waals surface area contributed by atoms with Gasteiger partial charge in [-0.15, -0.1) is 0 Å². The number of unbranched alkanes of at least 4 members (excludes halogenated alkanes) is 1. The topological polar surface area (TPSA) is 101 Å². The molecule has 5 N–H and O–H groups in total. The van der Waals surface area contributed by atoms with Crippen molar-refractivity contribution in [2.75, 3.05) is 13.1 Å². The highest BCUT2D eigenvalue weighted by Gasteiger charge is 2.32. The quantitative estimate of drug-likeness (QED) is 0.631. The first-order chi connectivity index (χ1) is 8.60. The summed E-state index contributed by atoms with van der Waals surface area (Å²) >= 11 is 0. The minimum absolute atomic E-state index is 0.0461. The third-order valence-electron chi connectivity index (χ3n) is 3.39. The minimum Gasteiger partial charge on any atom is -0.352 e. The maximum absolute atomic E-state index is 12.4. The normalized spacial score (nSPS) is 20.8. The Hall–Kier alpha value is -1.30. The van der Waals surface area contributed by atoms with Crippen LogP contribution in [-0.4, -0.2) is 42.0 Å². The van der Waals surface area contributed by atoms with E-state index in [1.165, 1.54) is 0 Å². The van der Waals surface area contributed by atoms with Gasteiger partial charge in [0.1, 0.15) is 6.04 Å². The fraction of sp³-hybridized carbons (Fsp3) is 0.833. The average molecular weight is 256 g/mol. The van der Waals surface area contributed by atoms with E-state index in [1.807, 2.05) is 6.92 Å². The Morgan fingerprint density at radius 3 is 2.78 bits per heavy atom. The molecule has 3 amide bonds. The molecule has 1 aliphatic heterocycles. The Morgan fingerprint density at radius 1 is 1.50 bits per heavy atom. The van der Waals surface area contributed by atoms with E-state index in [0.29, 0.717) is 13.0 Å². The van der Waals surface area contributed by atoms with E-state index < -0.39 is 12.1 Å². The highest BCUT2D eigenvalue weighted by Crippen LogP contribution is 2.18. The number of nitrogens with two attached hydrogens (primary N) is 2. The van der Waals surface area contributed by atoms with Gasteiger partial charge in [0.25, 0.3) is 0 Å². The Balaban J connectivity index is 2.64. The lowest BCUT2D eigenvalue weighted by molar-refractivity contribution is -0.134. The third kappa shape index (κ3) is 3.87. The molecule has 1 aliphatic rings.